The first-order valence-electron chi connectivity index (χ1n) is 19.2. The van der Waals surface area contributed by atoms with Gasteiger partial charge in [-0.15, -0.1) is 36.4 Å². The van der Waals surface area contributed by atoms with E-state index in [0.717, 1.165) is 22.9 Å². The van der Waals surface area contributed by atoms with E-state index in [9.17, 15) is 0 Å². The molecule has 0 bridgehead atoms. The van der Waals surface area contributed by atoms with Gasteiger partial charge in [0.2, 0.25) is 0 Å². The van der Waals surface area contributed by atoms with Gasteiger partial charge in [0.1, 0.15) is 0 Å². The predicted octanol–water partition coefficient (Wildman–Crippen LogP) is 14.9. The number of fused-ring (bicyclic) bond motifs is 5. The molecule has 56 heavy (non-hydrogen) atoms. The number of hydrogen-bond donors (Lipinski definition) is 0. The summed E-state index contributed by atoms with van der Waals surface area (Å²) in [4.78, 5) is 0. The molecular formula is C51H56Cl4Zr-2. The molecule has 0 saturated heterocycles. The zero-order valence-corrected chi connectivity index (χ0v) is 40.4. The van der Waals surface area contributed by atoms with Crippen LogP contribution in [0.4, 0.5) is 0 Å². The minimum atomic E-state index is -0.623. The summed E-state index contributed by atoms with van der Waals surface area (Å²) in [5.74, 6) is 0. The topological polar surface area (TPSA) is 0 Å². The van der Waals surface area contributed by atoms with Gasteiger partial charge in [0.15, 0.2) is 0 Å². The van der Waals surface area contributed by atoms with E-state index in [1.54, 1.807) is 0 Å². The summed E-state index contributed by atoms with van der Waals surface area (Å²) < 4.78 is 4.66. The van der Waals surface area contributed by atoms with E-state index in [1.165, 1.54) is 83.5 Å². The molecule has 0 amide bonds. The third-order valence-electron chi connectivity index (χ3n) is 11.0. The molecule has 0 nitrogen and oxygen atoms in total. The van der Waals surface area contributed by atoms with Crippen molar-refractivity contribution in [1.82, 2.24) is 0 Å². The van der Waals surface area contributed by atoms with Gasteiger partial charge in [0.25, 0.3) is 0 Å². The van der Waals surface area contributed by atoms with Gasteiger partial charge in [0, 0.05) is 5.41 Å². The Balaban J connectivity index is 0.000000197. The first-order valence-corrected chi connectivity index (χ1v) is 22.8. The minimum absolute atomic E-state index is 0. The molecule has 0 atom stereocenters. The fourth-order valence-corrected chi connectivity index (χ4v) is 10.7. The zero-order valence-electron chi connectivity index (χ0n) is 34.8. The maximum absolute atomic E-state index is 5.84. The zero-order chi connectivity index (χ0) is 39.2. The maximum atomic E-state index is 5.84. The molecular weight excluding hydrogens is 846 g/mol. The molecule has 8 rings (SSSR count). The van der Waals surface area contributed by atoms with E-state index in [0.29, 0.717) is 5.41 Å². The van der Waals surface area contributed by atoms with E-state index in [4.69, 9.17) is 23.2 Å². The van der Waals surface area contributed by atoms with Crippen molar-refractivity contribution in [3.8, 4) is 11.1 Å². The summed E-state index contributed by atoms with van der Waals surface area (Å²) in [7, 11) is 0. The number of aryl methyl sites for hydroxylation is 2. The molecule has 0 saturated carbocycles. The van der Waals surface area contributed by atoms with E-state index >= 15 is 0 Å². The van der Waals surface area contributed by atoms with Crippen LogP contribution in [0.15, 0.2) is 91.0 Å². The molecule has 5 heteroatoms. The van der Waals surface area contributed by atoms with Crippen LogP contribution in [0.25, 0.3) is 22.3 Å². The van der Waals surface area contributed by atoms with Gasteiger partial charge in [0.05, 0.1) is 0 Å². The quantitative estimate of drug-likeness (QED) is 0.155. The molecule has 0 N–H and O–H groups in total. The first kappa shape index (κ1) is 46.2. The molecule has 3 aliphatic rings. The number of allylic oxidation sites excluding steroid dienone is 4. The predicted molar refractivity (Wildman–Crippen MR) is 249 cm³/mol. The normalized spacial score (nSPS) is 14.7. The molecule has 3 aliphatic carbocycles. The van der Waals surface area contributed by atoms with Crippen molar-refractivity contribution in [2.24, 2.45) is 0 Å². The van der Waals surface area contributed by atoms with Gasteiger partial charge in [-0.1, -0.05) is 105 Å². The number of halogens is 4. The molecule has 0 aliphatic heterocycles. The molecule has 0 aromatic heterocycles. The fourth-order valence-electron chi connectivity index (χ4n) is 8.33. The molecule has 5 aromatic rings. The van der Waals surface area contributed by atoms with Crippen LogP contribution in [-0.2, 0) is 51.4 Å². The van der Waals surface area contributed by atoms with E-state index < -0.39 is 22.3 Å². The van der Waals surface area contributed by atoms with Crippen LogP contribution in [0.2, 0.25) is 10.0 Å². The van der Waals surface area contributed by atoms with Crippen LogP contribution < -0.4 is 0 Å². The number of hydrogen-bond acceptors (Lipinski definition) is 0. The third-order valence-corrected chi connectivity index (χ3v) is 13.9. The Morgan fingerprint density at radius 2 is 1.21 bits per heavy atom. The summed E-state index contributed by atoms with van der Waals surface area (Å²) in [6.07, 6.45) is 8.29. The van der Waals surface area contributed by atoms with Gasteiger partial charge in [-0.3, -0.25) is 6.08 Å². The van der Waals surface area contributed by atoms with Crippen molar-refractivity contribution in [2.45, 2.75) is 105 Å². The Hall–Kier alpha value is -2.51. The molecule has 294 valence electrons. The molecule has 5 aromatic carbocycles. The van der Waals surface area contributed by atoms with Crippen LogP contribution in [0.3, 0.4) is 0 Å². The van der Waals surface area contributed by atoms with Crippen molar-refractivity contribution in [2.75, 3.05) is 0 Å². The SMILES string of the molecule is CC1=[C-]C(C)(C)c2cc3c(cc21)-c1cc2c(cc1C3)C(C)(C)C=C2C.CCc1[cH-]c(C)cc1C(C)(C)C.Cl.Cl.Clc1ccc([CH]=[Zr]=[CH]c2ccc(Cl)cc2)cc1. The summed E-state index contributed by atoms with van der Waals surface area (Å²) in [5.41, 5.74) is 21.8. The van der Waals surface area contributed by atoms with Gasteiger partial charge in [-0.2, -0.15) is 28.3 Å². The molecule has 0 radical (unpaired) electrons. The van der Waals surface area contributed by atoms with Gasteiger partial charge in [-0.05, 0) is 58.4 Å². The number of rotatable bonds is 3. The second-order valence-electron chi connectivity index (χ2n) is 17.3. The van der Waals surface area contributed by atoms with Crippen molar-refractivity contribution < 1.29 is 22.3 Å². The van der Waals surface area contributed by atoms with Gasteiger partial charge >= 0.3 is 123 Å². The van der Waals surface area contributed by atoms with Crippen molar-refractivity contribution >= 4 is 66.6 Å². The van der Waals surface area contributed by atoms with Crippen molar-refractivity contribution in [3.63, 3.8) is 0 Å². The monoisotopic (exact) mass is 898 g/mol. The number of benzene rings is 4. The average molecular weight is 902 g/mol. The van der Waals surface area contributed by atoms with Gasteiger partial charge in [-0.25, -0.2) is 11.6 Å². The Morgan fingerprint density at radius 3 is 1.70 bits per heavy atom. The third kappa shape index (κ3) is 10.2. The Morgan fingerprint density at radius 1 is 0.714 bits per heavy atom. The fraction of sp³-hybridized carbons (Fsp3) is 0.314. The van der Waals surface area contributed by atoms with Crippen molar-refractivity contribution in [3.05, 3.63) is 168 Å². The van der Waals surface area contributed by atoms with Crippen LogP contribution in [-0.4, -0.2) is 7.42 Å². The summed E-state index contributed by atoms with van der Waals surface area (Å²) >= 11 is 11.0. The second kappa shape index (κ2) is 18.2. The Labute approximate surface area is 370 Å². The van der Waals surface area contributed by atoms with Crippen LogP contribution >= 0.6 is 48.0 Å². The molecule has 0 unspecified atom stereocenters. The Kier molecular flexibility index (Phi) is 15.0. The molecule has 0 fully saturated rings. The van der Waals surface area contributed by atoms with Crippen LogP contribution in [0.5, 0.6) is 0 Å². The summed E-state index contributed by atoms with van der Waals surface area (Å²) in [5, 5.41) is 1.57. The van der Waals surface area contributed by atoms with Crippen LogP contribution in [0, 0.1) is 13.0 Å². The molecule has 0 heterocycles. The first-order chi connectivity index (χ1) is 25.4. The van der Waals surface area contributed by atoms with Crippen LogP contribution in [0.1, 0.15) is 130 Å². The molecule has 0 spiro atoms. The van der Waals surface area contributed by atoms with E-state index in [2.05, 4.69) is 156 Å². The van der Waals surface area contributed by atoms with E-state index in [1.807, 2.05) is 24.3 Å². The average Bonchev–Trinajstić information content (AvgIpc) is 3.80. The summed E-state index contributed by atoms with van der Waals surface area (Å²) in [6, 6.07) is 30.4. The Bertz CT molecular complexity index is 2200. The standard InChI is InChI=1S/C25H25.C12H19.2C7H5Cl.2ClH.Zr/c1-14-12-24(3,4)22-8-16-7-17-9-23-19(15(2)13-25(23,5)6)11-21(17)20(16)10-18(14)22;1-6-10-7-9(2)8-11(10)12(3,4)5;2*1-6-2-4-7(8)5-3-6;;;/h8-12H,7H2,1-6H3;7-8H,6H2,1-5H3;2*1-5H;2*1H;/q2*-1;;;;;. The summed E-state index contributed by atoms with van der Waals surface area (Å²) in [6.45, 7) is 24.9. The second-order valence-corrected chi connectivity index (χ2v) is 20.5. The van der Waals surface area contributed by atoms with Gasteiger partial charge < -0.3 is 0 Å². The van der Waals surface area contributed by atoms with Crippen molar-refractivity contribution in [1.29, 1.82) is 0 Å². The van der Waals surface area contributed by atoms with E-state index in [-0.39, 0.29) is 35.6 Å².